The quantitative estimate of drug-likeness (QED) is 0.708. The largest absolute Gasteiger partial charge is 0.399 e. The molecule has 0 radical (unpaired) electrons. The van der Waals surface area contributed by atoms with Crippen LogP contribution in [0.15, 0.2) is 54.7 Å². The first-order valence-corrected chi connectivity index (χ1v) is 8.85. The number of para-hydroxylation sites is 1. The van der Waals surface area contributed by atoms with Crippen molar-refractivity contribution in [3.63, 3.8) is 0 Å². The molecule has 0 saturated carbocycles. The number of hydrogen-bond acceptors (Lipinski definition) is 4. The van der Waals surface area contributed by atoms with Crippen molar-refractivity contribution in [2.24, 2.45) is 0 Å². The molecule has 1 saturated heterocycles. The Kier molecular flexibility index (Phi) is 3.97. The second kappa shape index (κ2) is 6.29. The number of carbonyl (C=O) groups excluding carboxylic acids is 2. The monoisotopic (exact) mass is 351 g/mol. The van der Waals surface area contributed by atoms with Gasteiger partial charge in [-0.3, -0.25) is 9.59 Å². The molecule has 1 amide bonds. The maximum Gasteiger partial charge on any atom is 0.287 e. The Balaban J connectivity index is 1.67. The lowest BCUT2D eigenvalue weighted by Crippen LogP contribution is -2.30. The number of anilines is 1. The van der Waals surface area contributed by atoms with Gasteiger partial charge in [0.1, 0.15) is 6.04 Å². The average molecular weight is 351 g/mol. The van der Waals surface area contributed by atoms with E-state index in [9.17, 15) is 9.59 Å². The molecule has 1 unspecified atom stereocenters. The van der Waals surface area contributed by atoms with Crippen molar-refractivity contribution >= 4 is 38.7 Å². The van der Waals surface area contributed by atoms with E-state index in [0.717, 1.165) is 46.0 Å². The Labute approximate surface area is 149 Å². The Morgan fingerprint density at radius 2 is 1.84 bits per heavy atom. The van der Waals surface area contributed by atoms with E-state index in [1.54, 1.807) is 0 Å². The fourth-order valence-corrected chi connectivity index (χ4v) is 3.85. The predicted molar refractivity (Wildman–Crippen MR) is 101 cm³/mol. The van der Waals surface area contributed by atoms with Crippen molar-refractivity contribution in [2.45, 2.75) is 19.0 Å². The number of nitrogens with zero attached hydrogens (tertiary/aromatic N) is 1. The van der Waals surface area contributed by atoms with Crippen LogP contribution in [-0.2, 0) is 17.8 Å². The minimum absolute atomic E-state index is 0.111. The van der Waals surface area contributed by atoms with E-state index in [4.69, 9.17) is 5.73 Å². The maximum atomic E-state index is 11.9. The summed E-state index contributed by atoms with van der Waals surface area (Å²) in [5.41, 5.74) is 9.83. The summed E-state index contributed by atoms with van der Waals surface area (Å²) in [4.78, 5) is 23.3. The highest BCUT2D eigenvalue weighted by Gasteiger charge is 2.31. The van der Waals surface area contributed by atoms with Crippen LogP contribution < -0.4 is 11.1 Å². The lowest BCUT2D eigenvalue weighted by Gasteiger charge is -2.06. The molecular formula is C19H17N3O2S. The molecule has 1 aliphatic heterocycles. The fourth-order valence-electron chi connectivity index (χ4n) is 3.18. The van der Waals surface area contributed by atoms with E-state index in [0.29, 0.717) is 6.42 Å². The zero-order valence-electron chi connectivity index (χ0n) is 13.4. The van der Waals surface area contributed by atoms with Crippen LogP contribution >= 0.6 is 11.8 Å². The molecule has 1 aromatic heterocycles. The third kappa shape index (κ3) is 3.13. The standard InChI is InChI=1S/C19H17N3O2S/c20-14-7-5-12(6-8-14)10-22-11-13(15-3-1-2-4-17(15)22)9-16-18(23)25-19(24)21-16/h1-8,11,16H,9-10,20H2,(H,21,24). The minimum atomic E-state index is -0.451. The first-order chi connectivity index (χ1) is 12.1. The van der Waals surface area contributed by atoms with E-state index in [2.05, 4.69) is 28.2 Å². The molecule has 0 spiro atoms. The zero-order chi connectivity index (χ0) is 17.4. The van der Waals surface area contributed by atoms with Crippen LogP contribution in [0.25, 0.3) is 10.9 Å². The lowest BCUT2D eigenvalue weighted by molar-refractivity contribution is -0.112. The molecule has 1 aliphatic rings. The summed E-state index contributed by atoms with van der Waals surface area (Å²) < 4.78 is 2.17. The van der Waals surface area contributed by atoms with Gasteiger partial charge < -0.3 is 15.6 Å². The predicted octanol–water partition coefficient (Wildman–Crippen LogP) is 3.17. The topological polar surface area (TPSA) is 77.1 Å². The Hall–Kier alpha value is -2.73. The molecule has 4 rings (SSSR count). The molecule has 1 fully saturated rings. The number of hydrogen-bond donors (Lipinski definition) is 2. The number of nitrogens with one attached hydrogen (secondary N) is 1. The molecule has 2 aromatic carbocycles. The third-order valence-electron chi connectivity index (χ3n) is 4.40. The van der Waals surface area contributed by atoms with Crippen molar-refractivity contribution in [3.05, 3.63) is 65.9 Å². The second-order valence-corrected chi connectivity index (χ2v) is 7.13. The number of aromatic nitrogens is 1. The van der Waals surface area contributed by atoms with E-state index in [1.807, 2.05) is 36.4 Å². The average Bonchev–Trinajstić information content (AvgIpc) is 3.10. The number of nitrogens with two attached hydrogens (primary N) is 1. The summed E-state index contributed by atoms with van der Waals surface area (Å²) in [6.07, 6.45) is 2.58. The number of rotatable bonds is 4. The highest BCUT2D eigenvalue weighted by Crippen LogP contribution is 2.26. The molecule has 0 aliphatic carbocycles. The van der Waals surface area contributed by atoms with Crippen LogP contribution in [-0.4, -0.2) is 21.0 Å². The summed E-state index contributed by atoms with van der Waals surface area (Å²) >= 11 is 0.756. The van der Waals surface area contributed by atoms with Gasteiger partial charge >= 0.3 is 0 Å². The number of nitrogen functional groups attached to an aromatic ring is 1. The highest BCUT2D eigenvalue weighted by molar-refractivity contribution is 8.26. The van der Waals surface area contributed by atoms with E-state index in [1.165, 1.54) is 0 Å². The van der Waals surface area contributed by atoms with Gasteiger partial charge in [-0.1, -0.05) is 30.3 Å². The normalized spacial score (nSPS) is 17.2. The maximum absolute atomic E-state index is 11.9. The second-order valence-electron chi connectivity index (χ2n) is 6.15. The van der Waals surface area contributed by atoms with E-state index in [-0.39, 0.29) is 10.4 Å². The van der Waals surface area contributed by atoms with E-state index < -0.39 is 6.04 Å². The van der Waals surface area contributed by atoms with Crippen molar-refractivity contribution in [1.29, 1.82) is 0 Å². The van der Waals surface area contributed by atoms with Crippen molar-refractivity contribution < 1.29 is 9.59 Å². The van der Waals surface area contributed by atoms with Crippen LogP contribution in [0.1, 0.15) is 11.1 Å². The first-order valence-electron chi connectivity index (χ1n) is 8.03. The number of thioether (sulfide) groups is 1. The summed E-state index contributed by atoms with van der Waals surface area (Å²) in [5, 5.41) is 3.47. The number of amides is 1. The van der Waals surface area contributed by atoms with Gasteiger partial charge in [-0.2, -0.15) is 0 Å². The van der Waals surface area contributed by atoms with Crippen molar-refractivity contribution in [2.75, 3.05) is 5.73 Å². The Bertz CT molecular complexity index is 962. The molecule has 2 heterocycles. The molecule has 0 bridgehead atoms. The molecule has 126 valence electrons. The van der Waals surface area contributed by atoms with Gasteiger partial charge in [0.25, 0.3) is 5.24 Å². The van der Waals surface area contributed by atoms with Gasteiger partial charge in [0.05, 0.1) is 0 Å². The van der Waals surface area contributed by atoms with Gasteiger partial charge in [-0.15, -0.1) is 0 Å². The zero-order valence-corrected chi connectivity index (χ0v) is 14.3. The molecule has 1 atom stereocenters. The van der Waals surface area contributed by atoms with Crippen LogP contribution in [0, 0.1) is 0 Å². The number of carbonyl (C=O) groups is 2. The van der Waals surface area contributed by atoms with Crippen LogP contribution in [0.2, 0.25) is 0 Å². The van der Waals surface area contributed by atoms with Gasteiger partial charge in [0, 0.05) is 47.5 Å². The van der Waals surface area contributed by atoms with Gasteiger partial charge in [-0.25, -0.2) is 0 Å². The SMILES string of the molecule is Nc1ccc(Cn2cc(CC3NC(=O)SC3=O)c3ccccc32)cc1. The molecule has 6 heteroatoms. The van der Waals surface area contributed by atoms with Crippen LogP contribution in [0.4, 0.5) is 10.5 Å². The highest BCUT2D eigenvalue weighted by atomic mass is 32.2. The van der Waals surface area contributed by atoms with Gasteiger partial charge in [0.2, 0.25) is 5.12 Å². The molecular weight excluding hydrogens is 334 g/mol. The van der Waals surface area contributed by atoms with Crippen LogP contribution in [0.5, 0.6) is 0 Å². The number of fused-ring (bicyclic) bond motifs is 1. The third-order valence-corrected chi connectivity index (χ3v) is 5.19. The Morgan fingerprint density at radius 3 is 2.56 bits per heavy atom. The smallest absolute Gasteiger partial charge is 0.287 e. The lowest BCUT2D eigenvalue weighted by atomic mass is 10.1. The fraction of sp³-hybridized carbons (Fsp3) is 0.158. The van der Waals surface area contributed by atoms with E-state index >= 15 is 0 Å². The summed E-state index contributed by atoms with van der Waals surface area (Å²) in [5.74, 6) is 0. The summed E-state index contributed by atoms with van der Waals surface area (Å²) in [7, 11) is 0. The Morgan fingerprint density at radius 1 is 1.08 bits per heavy atom. The first kappa shape index (κ1) is 15.8. The van der Waals surface area contributed by atoms with Crippen LogP contribution in [0.3, 0.4) is 0 Å². The molecule has 25 heavy (non-hydrogen) atoms. The van der Waals surface area contributed by atoms with Gasteiger partial charge in [-0.05, 0) is 29.3 Å². The molecule has 3 aromatic rings. The molecule has 5 nitrogen and oxygen atoms in total. The van der Waals surface area contributed by atoms with Gasteiger partial charge in [0.15, 0.2) is 0 Å². The van der Waals surface area contributed by atoms with Crippen molar-refractivity contribution in [3.8, 4) is 0 Å². The minimum Gasteiger partial charge on any atom is -0.399 e. The van der Waals surface area contributed by atoms with Crippen molar-refractivity contribution in [1.82, 2.24) is 9.88 Å². The number of benzene rings is 2. The summed E-state index contributed by atoms with van der Waals surface area (Å²) in [6, 6.07) is 15.5. The summed E-state index contributed by atoms with van der Waals surface area (Å²) in [6.45, 7) is 0.723. The molecule has 3 N–H and O–H groups in total.